The molecule has 1 amide bonds. The van der Waals surface area contributed by atoms with Gasteiger partial charge in [0, 0.05) is 18.3 Å². The molecular formula is C23H24N2OS2. The molecular weight excluding hydrogens is 384 g/mol. The molecule has 144 valence electrons. The molecule has 2 aliphatic rings. The molecule has 5 heteroatoms. The van der Waals surface area contributed by atoms with Crippen molar-refractivity contribution in [2.24, 2.45) is 0 Å². The molecule has 4 rings (SSSR count). The second-order valence-corrected chi connectivity index (χ2v) is 9.82. The molecule has 0 aromatic heterocycles. The van der Waals surface area contributed by atoms with Crippen LogP contribution in [-0.2, 0) is 4.79 Å². The van der Waals surface area contributed by atoms with E-state index in [1.165, 1.54) is 23.0 Å². The second-order valence-electron chi connectivity index (χ2n) is 8.15. The summed E-state index contributed by atoms with van der Waals surface area (Å²) < 4.78 is 0.579. The van der Waals surface area contributed by atoms with Gasteiger partial charge in [0.05, 0.1) is 10.6 Å². The topological polar surface area (TPSA) is 23.6 Å². The number of hydrogen-bond donors (Lipinski definition) is 0. The van der Waals surface area contributed by atoms with Crippen molar-refractivity contribution in [1.82, 2.24) is 0 Å². The van der Waals surface area contributed by atoms with Crippen molar-refractivity contribution in [2.45, 2.75) is 38.6 Å². The lowest BCUT2D eigenvalue weighted by Crippen LogP contribution is -2.45. The third-order valence-corrected chi connectivity index (χ3v) is 7.07. The Morgan fingerprint density at radius 1 is 1.18 bits per heavy atom. The normalized spacial score (nSPS) is 22.7. The first-order valence-corrected chi connectivity index (χ1v) is 10.7. The van der Waals surface area contributed by atoms with Gasteiger partial charge in [-0.3, -0.25) is 9.69 Å². The van der Waals surface area contributed by atoms with Gasteiger partial charge in [-0.15, -0.1) is 0 Å². The van der Waals surface area contributed by atoms with Crippen molar-refractivity contribution < 1.29 is 4.79 Å². The Hall–Kier alpha value is -2.11. The van der Waals surface area contributed by atoms with Crippen molar-refractivity contribution in [3.8, 4) is 0 Å². The molecule has 28 heavy (non-hydrogen) atoms. The number of thioether (sulfide) groups is 1. The number of thiocarbonyl (C=S) groups is 1. The first kappa shape index (κ1) is 19.2. The van der Waals surface area contributed by atoms with E-state index in [4.69, 9.17) is 12.2 Å². The summed E-state index contributed by atoms with van der Waals surface area (Å²) in [6.45, 7) is 6.86. The zero-order valence-corrected chi connectivity index (χ0v) is 18.2. The molecule has 2 aromatic rings. The third-order valence-electron chi connectivity index (χ3n) is 5.76. The zero-order chi connectivity index (χ0) is 20.1. The van der Waals surface area contributed by atoms with Crippen LogP contribution < -0.4 is 9.80 Å². The van der Waals surface area contributed by atoms with E-state index in [9.17, 15) is 4.79 Å². The molecule has 2 heterocycles. The number of anilines is 2. The summed E-state index contributed by atoms with van der Waals surface area (Å²) in [6.07, 6.45) is 3.07. The number of benzene rings is 2. The highest BCUT2D eigenvalue weighted by Crippen LogP contribution is 2.43. The maximum atomic E-state index is 13.0. The van der Waals surface area contributed by atoms with Crippen molar-refractivity contribution >= 4 is 51.7 Å². The van der Waals surface area contributed by atoms with Crippen LogP contribution in [0.1, 0.15) is 44.2 Å². The summed E-state index contributed by atoms with van der Waals surface area (Å²) in [5.41, 5.74) is 4.63. The van der Waals surface area contributed by atoms with Crippen molar-refractivity contribution in [2.75, 3.05) is 16.8 Å². The molecule has 1 atom stereocenters. The highest BCUT2D eigenvalue weighted by Gasteiger charge is 2.35. The van der Waals surface area contributed by atoms with E-state index in [1.807, 2.05) is 36.4 Å². The van der Waals surface area contributed by atoms with Gasteiger partial charge in [-0.05, 0) is 67.7 Å². The minimum Gasteiger partial charge on any atom is -0.369 e. The minimum absolute atomic E-state index is 0.0507. The summed E-state index contributed by atoms with van der Waals surface area (Å²) in [4.78, 5) is 17.6. The molecule has 1 unspecified atom stereocenters. The number of amides is 1. The molecule has 2 aliphatic heterocycles. The van der Waals surface area contributed by atoms with Crippen LogP contribution in [0.3, 0.4) is 0 Å². The van der Waals surface area contributed by atoms with E-state index >= 15 is 0 Å². The van der Waals surface area contributed by atoms with Gasteiger partial charge in [-0.1, -0.05) is 55.2 Å². The smallest absolute Gasteiger partial charge is 0.270 e. The Bertz CT molecular complexity index is 981. The van der Waals surface area contributed by atoms with E-state index in [1.54, 1.807) is 4.90 Å². The van der Waals surface area contributed by atoms with Crippen LogP contribution in [0.25, 0.3) is 6.08 Å². The van der Waals surface area contributed by atoms with Crippen LogP contribution in [-0.4, -0.2) is 22.8 Å². The fraction of sp³-hybridized carbons (Fsp3) is 0.304. The number of carbonyl (C=O) groups is 1. The van der Waals surface area contributed by atoms with E-state index in [2.05, 4.69) is 50.9 Å². The van der Waals surface area contributed by atoms with Crippen molar-refractivity contribution in [3.05, 3.63) is 64.6 Å². The monoisotopic (exact) mass is 408 g/mol. The van der Waals surface area contributed by atoms with Gasteiger partial charge in [0.25, 0.3) is 5.91 Å². The predicted molar refractivity (Wildman–Crippen MR) is 124 cm³/mol. The van der Waals surface area contributed by atoms with Crippen LogP contribution in [0, 0.1) is 0 Å². The largest absolute Gasteiger partial charge is 0.369 e. The first-order valence-electron chi connectivity index (χ1n) is 9.49. The van der Waals surface area contributed by atoms with Crippen LogP contribution in [0.5, 0.6) is 0 Å². The highest BCUT2D eigenvalue weighted by atomic mass is 32.2. The standard InChI is InChI=1S/C23H24N2OS2/c1-15-14-23(2,3)24(4)19-11-10-16(12-18(15)19)13-20-21(26)25(22(27)28-20)17-8-6-5-7-9-17/h5-13,15H,14H2,1-4H3/b20-13-. The van der Waals surface area contributed by atoms with Gasteiger partial charge in [0.15, 0.2) is 4.32 Å². The number of nitrogens with zero attached hydrogens (tertiary/aromatic N) is 2. The summed E-state index contributed by atoms with van der Waals surface area (Å²) >= 11 is 6.84. The zero-order valence-electron chi connectivity index (χ0n) is 16.6. The summed E-state index contributed by atoms with van der Waals surface area (Å²) in [6, 6.07) is 16.1. The SMILES string of the molecule is CC1CC(C)(C)N(C)c2ccc(/C=C3\SC(=S)N(c4ccccc4)C3=O)cc21. The fourth-order valence-corrected chi connectivity index (χ4v) is 5.40. The van der Waals surface area contributed by atoms with E-state index in [0.717, 1.165) is 17.7 Å². The van der Waals surface area contributed by atoms with Crippen molar-refractivity contribution in [3.63, 3.8) is 0 Å². The van der Waals surface area contributed by atoms with Gasteiger partial charge >= 0.3 is 0 Å². The van der Waals surface area contributed by atoms with Gasteiger partial charge < -0.3 is 4.90 Å². The lowest BCUT2D eigenvalue weighted by Gasteiger charge is -2.45. The Labute approximate surface area is 176 Å². The lowest BCUT2D eigenvalue weighted by atomic mass is 9.80. The van der Waals surface area contributed by atoms with Gasteiger partial charge in [0.1, 0.15) is 0 Å². The second kappa shape index (κ2) is 7.05. The Morgan fingerprint density at radius 3 is 2.61 bits per heavy atom. The van der Waals surface area contributed by atoms with E-state index < -0.39 is 0 Å². The van der Waals surface area contributed by atoms with Crippen LogP contribution in [0.2, 0.25) is 0 Å². The average molecular weight is 409 g/mol. The van der Waals surface area contributed by atoms with E-state index in [0.29, 0.717) is 15.1 Å². The molecule has 0 aliphatic carbocycles. The molecule has 0 saturated carbocycles. The number of hydrogen-bond acceptors (Lipinski definition) is 4. The number of fused-ring (bicyclic) bond motifs is 1. The molecule has 1 saturated heterocycles. The van der Waals surface area contributed by atoms with Gasteiger partial charge in [0.2, 0.25) is 0 Å². The molecule has 0 spiro atoms. The van der Waals surface area contributed by atoms with Gasteiger partial charge in [-0.2, -0.15) is 0 Å². The molecule has 3 nitrogen and oxygen atoms in total. The Balaban J connectivity index is 1.67. The fourth-order valence-electron chi connectivity index (χ4n) is 4.10. The lowest BCUT2D eigenvalue weighted by molar-refractivity contribution is -0.113. The molecule has 0 bridgehead atoms. The first-order chi connectivity index (χ1) is 13.3. The third kappa shape index (κ3) is 3.27. The summed E-state index contributed by atoms with van der Waals surface area (Å²) in [5, 5.41) is 0. The van der Waals surface area contributed by atoms with Crippen LogP contribution in [0.4, 0.5) is 11.4 Å². The summed E-state index contributed by atoms with van der Waals surface area (Å²) in [7, 11) is 2.16. The molecule has 2 aromatic carbocycles. The summed E-state index contributed by atoms with van der Waals surface area (Å²) in [5.74, 6) is 0.429. The minimum atomic E-state index is -0.0507. The average Bonchev–Trinajstić information content (AvgIpc) is 2.93. The molecule has 1 fully saturated rings. The molecule has 0 N–H and O–H groups in total. The van der Waals surface area contributed by atoms with Gasteiger partial charge in [-0.25, -0.2) is 0 Å². The Morgan fingerprint density at radius 2 is 1.89 bits per heavy atom. The van der Waals surface area contributed by atoms with E-state index in [-0.39, 0.29) is 11.4 Å². The quantitative estimate of drug-likeness (QED) is 0.462. The van der Waals surface area contributed by atoms with Crippen LogP contribution >= 0.6 is 24.0 Å². The highest BCUT2D eigenvalue weighted by molar-refractivity contribution is 8.27. The Kier molecular flexibility index (Phi) is 4.84. The number of rotatable bonds is 2. The number of para-hydroxylation sites is 1. The number of carbonyl (C=O) groups excluding carboxylic acids is 1. The maximum absolute atomic E-state index is 13.0. The van der Waals surface area contributed by atoms with Crippen LogP contribution in [0.15, 0.2) is 53.4 Å². The van der Waals surface area contributed by atoms with Crippen molar-refractivity contribution in [1.29, 1.82) is 0 Å². The maximum Gasteiger partial charge on any atom is 0.270 e. The predicted octanol–water partition coefficient (Wildman–Crippen LogP) is 5.81. The molecule has 0 radical (unpaired) electrons.